The van der Waals surface area contributed by atoms with Crippen molar-refractivity contribution in [3.05, 3.63) is 41.2 Å². The summed E-state index contributed by atoms with van der Waals surface area (Å²) >= 11 is 0. The number of ether oxygens (including phenoxy) is 2. The SMILES string of the molecule is CNC(c1ccc2c(c1)OCCO2)c1cn(C)nc1C. The number of hydrogen-bond acceptors (Lipinski definition) is 4. The van der Waals surface area contributed by atoms with Crippen LogP contribution in [0, 0.1) is 6.92 Å². The Labute approximate surface area is 118 Å². The largest absolute Gasteiger partial charge is 0.486 e. The van der Waals surface area contributed by atoms with E-state index in [-0.39, 0.29) is 6.04 Å². The van der Waals surface area contributed by atoms with E-state index in [0.717, 1.165) is 22.8 Å². The molecule has 0 radical (unpaired) electrons. The van der Waals surface area contributed by atoms with Crippen molar-refractivity contribution in [3.8, 4) is 11.5 Å². The summed E-state index contributed by atoms with van der Waals surface area (Å²) in [7, 11) is 3.89. The van der Waals surface area contributed by atoms with Crippen LogP contribution in [0.3, 0.4) is 0 Å². The molecule has 5 nitrogen and oxygen atoms in total. The van der Waals surface area contributed by atoms with Gasteiger partial charge in [0.2, 0.25) is 0 Å². The fourth-order valence-corrected chi connectivity index (χ4v) is 2.64. The number of aryl methyl sites for hydroxylation is 2. The number of benzene rings is 1. The average molecular weight is 273 g/mol. The van der Waals surface area contributed by atoms with Crippen LogP contribution in [0.4, 0.5) is 0 Å². The van der Waals surface area contributed by atoms with Gasteiger partial charge in [0.15, 0.2) is 11.5 Å². The van der Waals surface area contributed by atoms with Gasteiger partial charge in [-0.2, -0.15) is 5.10 Å². The zero-order valence-electron chi connectivity index (χ0n) is 12.0. The maximum atomic E-state index is 5.66. The molecule has 0 bridgehead atoms. The molecule has 0 aliphatic carbocycles. The third kappa shape index (κ3) is 2.25. The highest BCUT2D eigenvalue weighted by atomic mass is 16.6. The Morgan fingerprint density at radius 2 is 2.00 bits per heavy atom. The number of aromatic nitrogens is 2. The van der Waals surface area contributed by atoms with Gasteiger partial charge in [-0.25, -0.2) is 0 Å². The predicted octanol–water partition coefficient (Wildman–Crippen LogP) is 1.81. The van der Waals surface area contributed by atoms with Crippen molar-refractivity contribution in [2.45, 2.75) is 13.0 Å². The van der Waals surface area contributed by atoms with Gasteiger partial charge in [-0.05, 0) is 31.7 Å². The number of nitrogens with one attached hydrogen (secondary N) is 1. The van der Waals surface area contributed by atoms with Gasteiger partial charge in [-0.15, -0.1) is 0 Å². The molecule has 0 spiro atoms. The van der Waals surface area contributed by atoms with E-state index >= 15 is 0 Å². The molecular formula is C15H19N3O2. The monoisotopic (exact) mass is 273 g/mol. The lowest BCUT2D eigenvalue weighted by atomic mass is 9.99. The fourth-order valence-electron chi connectivity index (χ4n) is 2.64. The summed E-state index contributed by atoms with van der Waals surface area (Å²) in [6.45, 7) is 3.24. The summed E-state index contributed by atoms with van der Waals surface area (Å²) in [4.78, 5) is 0. The molecular weight excluding hydrogens is 254 g/mol. The molecule has 1 unspecified atom stereocenters. The van der Waals surface area contributed by atoms with Crippen LogP contribution in [0.1, 0.15) is 22.9 Å². The van der Waals surface area contributed by atoms with Crippen LogP contribution < -0.4 is 14.8 Å². The molecule has 5 heteroatoms. The van der Waals surface area contributed by atoms with E-state index in [0.29, 0.717) is 13.2 Å². The molecule has 1 aromatic carbocycles. The first-order chi connectivity index (χ1) is 9.69. The van der Waals surface area contributed by atoms with Crippen LogP contribution >= 0.6 is 0 Å². The Morgan fingerprint density at radius 1 is 1.25 bits per heavy atom. The van der Waals surface area contributed by atoms with Gasteiger partial charge in [0.05, 0.1) is 11.7 Å². The highest BCUT2D eigenvalue weighted by Gasteiger charge is 2.20. The summed E-state index contributed by atoms with van der Waals surface area (Å²) in [5.41, 5.74) is 3.35. The second kappa shape index (κ2) is 5.17. The van der Waals surface area contributed by atoms with Crippen LogP contribution in [-0.2, 0) is 7.05 Å². The normalized spacial score (nSPS) is 15.2. The van der Waals surface area contributed by atoms with Crippen LogP contribution in [-0.4, -0.2) is 30.0 Å². The van der Waals surface area contributed by atoms with Crippen molar-refractivity contribution >= 4 is 0 Å². The van der Waals surface area contributed by atoms with Crippen molar-refractivity contribution in [1.29, 1.82) is 0 Å². The molecule has 1 aliphatic rings. The average Bonchev–Trinajstić information content (AvgIpc) is 2.78. The summed E-state index contributed by atoms with van der Waals surface area (Å²) in [6, 6.07) is 6.18. The predicted molar refractivity (Wildman–Crippen MR) is 76.3 cm³/mol. The fraction of sp³-hybridized carbons (Fsp3) is 0.400. The minimum Gasteiger partial charge on any atom is -0.486 e. The van der Waals surface area contributed by atoms with E-state index in [2.05, 4.69) is 16.5 Å². The Hall–Kier alpha value is -2.01. The van der Waals surface area contributed by atoms with Gasteiger partial charge in [-0.3, -0.25) is 4.68 Å². The van der Waals surface area contributed by atoms with E-state index in [9.17, 15) is 0 Å². The molecule has 2 heterocycles. The molecule has 0 amide bonds. The molecule has 0 saturated carbocycles. The first-order valence-electron chi connectivity index (χ1n) is 6.76. The van der Waals surface area contributed by atoms with Crippen LogP contribution in [0.5, 0.6) is 11.5 Å². The molecule has 3 rings (SSSR count). The highest BCUT2D eigenvalue weighted by molar-refractivity contribution is 5.46. The Kier molecular flexibility index (Phi) is 3.36. The van der Waals surface area contributed by atoms with E-state index in [1.165, 1.54) is 5.56 Å². The molecule has 1 N–H and O–H groups in total. The molecule has 2 aromatic rings. The smallest absolute Gasteiger partial charge is 0.161 e. The molecule has 106 valence electrons. The van der Waals surface area contributed by atoms with Crippen LogP contribution in [0.25, 0.3) is 0 Å². The third-order valence-electron chi connectivity index (χ3n) is 3.55. The number of nitrogens with zero attached hydrogens (tertiary/aromatic N) is 2. The topological polar surface area (TPSA) is 48.3 Å². The van der Waals surface area contributed by atoms with Crippen molar-refractivity contribution in [2.24, 2.45) is 7.05 Å². The van der Waals surface area contributed by atoms with Gasteiger partial charge >= 0.3 is 0 Å². The molecule has 1 atom stereocenters. The van der Waals surface area contributed by atoms with Crippen molar-refractivity contribution in [2.75, 3.05) is 20.3 Å². The lowest BCUT2D eigenvalue weighted by Gasteiger charge is -2.22. The molecule has 1 aliphatic heterocycles. The first kappa shape index (κ1) is 13.0. The molecule has 0 saturated heterocycles. The quantitative estimate of drug-likeness (QED) is 0.926. The number of rotatable bonds is 3. The second-order valence-corrected chi connectivity index (χ2v) is 4.97. The third-order valence-corrected chi connectivity index (χ3v) is 3.55. The second-order valence-electron chi connectivity index (χ2n) is 4.97. The van der Waals surface area contributed by atoms with E-state index in [1.54, 1.807) is 0 Å². The Morgan fingerprint density at radius 3 is 2.65 bits per heavy atom. The lowest BCUT2D eigenvalue weighted by Crippen LogP contribution is -2.19. The lowest BCUT2D eigenvalue weighted by molar-refractivity contribution is 0.171. The summed E-state index contributed by atoms with van der Waals surface area (Å²) in [5.74, 6) is 1.63. The summed E-state index contributed by atoms with van der Waals surface area (Å²) in [6.07, 6.45) is 2.05. The maximum absolute atomic E-state index is 5.66. The van der Waals surface area contributed by atoms with E-state index in [1.807, 2.05) is 44.0 Å². The molecule has 20 heavy (non-hydrogen) atoms. The van der Waals surface area contributed by atoms with E-state index in [4.69, 9.17) is 9.47 Å². The standard InChI is InChI=1S/C15H19N3O2/c1-10-12(9-18(3)17-10)15(16-2)11-4-5-13-14(8-11)20-7-6-19-13/h4-5,8-9,15-16H,6-7H2,1-3H3. The van der Waals surface area contributed by atoms with E-state index < -0.39 is 0 Å². The maximum Gasteiger partial charge on any atom is 0.161 e. The van der Waals surface area contributed by atoms with Crippen molar-refractivity contribution in [1.82, 2.24) is 15.1 Å². The van der Waals surface area contributed by atoms with Gasteiger partial charge in [0.1, 0.15) is 13.2 Å². The summed E-state index contributed by atoms with van der Waals surface area (Å²) < 4.78 is 13.1. The van der Waals surface area contributed by atoms with Crippen LogP contribution in [0.2, 0.25) is 0 Å². The number of fused-ring (bicyclic) bond motifs is 1. The Bertz CT molecular complexity index is 622. The van der Waals surface area contributed by atoms with Crippen molar-refractivity contribution in [3.63, 3.8) is 0 Å². The Balaban J connectivity index is 1.99. The van der Waals surface area contributed by atoms with Gasteiger partial charge in [-0.1, -0.05) is 6.07 Å². The van der Waals surface area contributed by atoms with Crippen LogP contribution in [0.15, 0.2) is 24.4 Å². The van der Waals surface area contributed by atoms with Gasteiger partial charge in [0.25, 0.3) is 0 Å². The highest BCUT2D eigenvalue weighted by Crippen LogP contribution is 2.34. The van der Waals surface area contributed by atoms with Gasteiger partial charge < -0.3 is 14.8 Å². The first-order valence-corrected chi connectivity index (χ1v) is 6.76. The van der Waals surface area contributed by atoms with Crippen molar-refractivity contribution < 1.29 is 9.47 Å². The minimum atomic E-state index is 0.0968. The molecule has 0 fully saturated rings. The zero-order chi connectivity index (χ0) is 14.1. The zero-order valence-corrected chi connectivity index (χ0v) is 12.0. The number of hydrogen-bond donors (Lipinski definition) is 1. The summed E-state index contributed by atoms with van der Waals surface area (Å²) in [5, 5.41) is 7.76. The minimum absolute atomic E-state index is 0.0968. The molecule has 1 aromatic heterocycles. The van der Waals surface area contributed by atoms with Gasteiger partial charge in [0, 0.05) is 18.8 Å².